The molecule has 0 atom stereocenters. The van der Waals surface area contributed by atoms with E-state index in [0.29, 0.717) is 50.7 Å². The Bertz CT molecular complexity index is 887. The van der Waals surface area contributed by atoms with Crippen molar-refractivity contribution in [2.75, 3.05) is 36.5 Å². The minimum atomic E-state index is -3.33. The predicted molar refractivity (Wildman–Crippen MR) is 93.4 cm³/mol. The molecule has 4 heterocycles. The maximum Gasteiger partial charge on any atom is 0.227 e. The minimum absolute atomic E-state index is 0.426. The Morgan fingerprint density at radius 1 is 1.24 bits per heavy atom. The van der Waals surface area contributed by atoms with Gasteiger partial charge in [0.05, 0.1) is 23.8 Å². The zero-order valence-corrected chi connectivity index (χ0v) is 14.8. The fraction of sp³-hybridized carbons (Fsp3) is 0.533. The molecule has 3 N–H and O–H groups in total. The zero-order chi connectivity index (χ0) is 17.7. The molecule has 2 aliphatic rings. The van der Waals surface area contributed by atoms with Gasteiger partial charge in [-0.1, -0.05) is 0 Å². The van der Waals surface area contributed by atoms with Crippen LogP contribution in [0.4, 0.5) is 11.8 Å². The number of hydrogen-bond donors (Lipinski definition) is 2. The maximum absolute atomic E-state index is 12.4. The summed E-state index contributed by atoms with van der Waals surface area (Å²) in [6.45, 7) is 1.76. The summed E-state index contributed by atoms with van der Waals surface area (Å²) in [6, 6.07) is 1.65. The second kappa shape index (κ2) is 5.67. The monoisotopic (exact) mass is 363 g/mol. The molecule has 1 spiro atoms. The number of nitrogens with two attached hydrogens (primary N) is 1. The first-order valence-electron chi connectivity index (χ1n) is 8.24. The number of rotatable bonds is 2. The van der Waals surface area contributed by atoms with Crippen LogP contribution >= 0.6 is 0 Å². The predicted octanol–water partition coefficient (Wildman–Crippen LogP) is 0.0953. The molecule has 2 aromatic heterocycles. The number of nitrogens with one attached hydrogen (secondary N) is 1. The van der Waals surface area contributed by atoms with Gasteiger partial charge in [-0.15, -0.1) is 0 Å². The molecule has 134 valence electrons. The minimum Gasteiger partial charge on any atom is -0.384 e. The highest BCUT2D eigenvalue weighted by atomic mass is 32.2. The number of nitrogen functional groups attached to an aromatic ring is 1. The van der Waals surface area contributed by atoms with Crippen LogP contribution in [-0.4, -0.2) is 58.5 Å². The number of piperidine rings is 1. The first kappa shape index (κ1) is 16.3. The number of nitrogens with zero attached hydrogens (tertiary/aromatic N) is 5. The molecule has 0 radical (unpaired) electrons. The van der Waals surface area contributed by atoms with Crippen molar-refractivity contribution in [2.24, 2.45) is 0 Å². The van der Waals surface area contributed by atoms with E-state index in [2.05, 4.69) is 19.9 Å². The van der Waals surface area contributed by atoms with E-state index in [1.165, 1.54) is 6.26 Å². The van der Waals surface area contributed by atoms with Gasteiger partial charge >= 0.3 is 0 Å². The molecule has 0 aromatic carbocycles. The molecule has 2 aliphatic heterocycles. The second-order valence-electron chi connectivity index (χ2n) is 6.61. The molecule has 0 aliphatic carbocycles. The molecule has 0 amide bonds. The second-order valence-corrected chi connectivity index (χ2v) is 8.52. The average Bonchev–Trinajstić information content (AvgIpc) is 3.05. The molecule has 9 nitrogen and oxygen atoms in total. The molecule has 0 unspecified atom stereocenters. The zero-order valence-electron chi connectivity index (χ0n) is 14.0. The van der Waals surface area contributed by atoms with Crippen molar-refractivity contribution in [2.45, 2.75) is 24.8 Å². The number of anilines is 2. The van der Waals surface area contributed by atoms with Gasteiger partial charge in [0, 0.05) is 37.9 Å². The molecule has 0 saturated carbocycles. The van der Waals surface area contributed by atoms with E-state index in [1.807, 2.05) is 4.90 Å². The number of H-pyrrole nitrogens is 1. The number of imidazole rings is 1. The molecular formula is C15H21N7O2S. The summed E-state index contributed by atoms with van der Waals surface area (Å²) in [4.78, 5) is 18.2. The van der Waals surface area contributed by atoms with E-state index in [4.69, 9.17) is 5.73 Å². The topological polar surface area (TPSA) is 121 Å². The highest BCUT2D eigenvalue weighted by Gasteiger charge is 2.50. The van der Waals surface area contributed by atoms with Crippen LogP contribution in [0.2, 0.25) is 0 Å². The third-order valence-corrected chi connectivity index (χ3v) is 6.47. The van der Waals surface area contributed by atoms with E-state index in [0.717, 1.165) is 11.4 Å². The maximum atomic E-state index is 12.4. The van der Waals surface area contributed by atoms with E-state index in [-0.39, 0.29) is 0 Å². The third kappa shape index (κ3) is 2.65. The summed E-state index contributed by atoms with van der Waals surface area (Å²) in [6.07, 6.45) is 6.50. The van der Waals surface area contributed by atoms with Crippen molar-refractivity contribution < 1.29 is 8.42 Å². The van der Waals surface area contributed by atoms with Crippen LogP contribution in [-0.2, 0) is 22.0 Å². The lowest BCUT2D eigenvalue weighted by atomic mass is 9.80. The Morgan fingerprint density at radius 2 is 2.00 bits per heavy atom. The van der Waals surface area contributed by atoms with Crippen LogP contribution in [0.15, 0.2) is 18.6 Å². The summed E-state index contributed by atoms with van der Waals surface area (Å²) in [5, 5.41) is 0. The van der Waals surface area contributed by atoms with Crippen molar-refractivity contribution in [1.29, 1.82) is 0 Å². The number of sulfonamides is 1. The summed E-state index contributed by atoms with van der Waals surface area (Å²) in [7, 11) is -3.33. The largest absolute Gasteiger partial charge is 0.384 e. The van der Waals surface area contributed by atoms with E-state index in [9.17, 15) is 8.42 Å². The van der Waals surface area contributed by atoms with Crippen LogP contribution < -0.4 is 10.6 Å². The van der Waals surface area contributed by atoms with Crippen molar-refractivity contribution >= 4 is 21.8 Å². The first-order chi connectivity index (χ1) is 11.9. The SMILES string of the molecule is CS(=O)(=O)N1CCc2[nH]cnc2C12CCN(c1nccc(N)n1)CC2. The van der Waals surface area contributed by atoms with Crippen LogP contribution in [0.1, 0.15) is 24.2 Å². The van der Waals surface area contributed by atoms with Gasteiger partial charge in [-0.3, -0.25) is 0 Å². The summed E-state index contributed by atoms with van der Waals surface area (Å²) >= 11 is 0. The lowest BCUT2D eigenvalue weighted by Gasteiger charge is -2.49. The Labute approximate surface area is 146 Å². The highest BCUT2D eigenvalue weighted by molar-refractivity contribution is 7.88. The lowest BCUT2D eigenvalue weighted by molar-refractivity contribution is 0.128. The van der Waals surface area contributed by atoms with Gasteiger partial charge in [-0.2, -0.15) is 9.29 Å². The Morgan fingerprint density at radius 3 is 2.68 bits per heavy atom. The Balaban J connectivity index is 1.67. The normalized spacial score (nSPS) is 20.6. The van der Waals surface area contributed by atoms with Gasteiger partial charge in [0.25, 0.3) is 0 Å². The van der Waals surface area contributed by atoms with Crippen molar-refractivity contribution in [1.82, 2.24) is 24.2 Å². The summed E-state index contributed by atoms with van der Waals surface area (Å²) < 4.78 is 26.5. The molecule has 25 heavy (non-hydrogen) atoms. The number of aromatic amines is 1. The quantitative estimate of drug-likeness (QED) is 0.776. The average molecular weight is 363 g/mol. The lowest BCUT2D eigenvalue weighted by Crippen LogP contribution is -2.58. The first-order valence-corrected chi connectivity index (χ1v) is 10.1. The van der Waals surface area contributed by atoms with Gasteiger partial charge in [0.1, 0.15) is 5.82 Å². The molecule has 2 aromatic rings. The Kier molecular flexibility index (Phi) is 3.69. The van der Waals surface area contributed by atoms with E-state index < -0.39 is 15.6 Å². The van der Waals surface area contributed by atoms with Gasteiger partial charge in [0.2, 0.25) is 16.0 Å². The van der Waals surface area contributed by atoms with Crippen molar-refractivity contribution in [3.05, 3.63) is 30.0 Å². The van der Waals surface area contributed by atoms with Crippen LogP contribution in [0.5, 0.6) is 0 Å². The Hall–Kier alpha value is -2.20. The van der Waals surface area contributed by atoms with Crippen molar-refractivity contribution in [3.63, 3.8) is 0 Å². The number of aromatic nitrogens is 4. The molecule has 1 fully saturated rings. The third-order valence-electron chi connectivity index (χ3n) is 5.14. The summed E-state index contributed by atoms with van der Waals surface area (Å²) in [5.74, 6) is 1.01. The molecule has 4 rings (SSSR count). The molecule has 0 bridgehead atoms. The smallest absolute Gasteiger partial charge is 0.227 e. The van der Waals surface area contributed by atoms with E-state index in [1.54, 1.807) is 22.9 Å². The van der Waals surface area contributed by atoms with Gasteiger partial charge in [0.15, 0.2) is 0 Å². The van der Waals surface area contributed by atoms with Crippen LogP contribution in [0.25, 0.3) is 0 Å². The van der Waals surface area contributed by atoms with Gasteiger partial charge in [-0.25, -0.2) is 18.4 Å². The molecule has 10 heteroatoms. The number of hydrogen-bond acceptors (Lipinski definition) is 7. The van der Waals surface area contributed by atoms with Crippen LogP contribution in [0.3, 0.4) is 0 Å². The molecular weight excluding hydrogens is 342 g/mol. The highest BCUT2D eigenvalue weighted by Crippen LogP contribution is 2.43. The summed E-state index contributed by atoms with van der Waals surface area (Å²) in [5.41, 5.74) is 7.05. The van der Waals surface area contributed by atoms with Crippen molar-refractivity contribution in [3.8, 4) is 0 Å². The number of fused-ring (bicyclic) bond motifs is 2. The van der Waals surface area contributed by atoms with E-state index >= 15 is 0 Å². The van der Waals surface area contributed by atoms with Gasteiger partial charge in [-0.05, 0) is 18.9 Å². The molecule has 1 saturated heterocycles. The van der Waals surface area contributed by atoms with Crippen LogP contribution in [0, 0.1) is 0 Å². The fourth-order valence-electron chi connectivity index (χ4n) is 4.02. The standard InChI is InChI=1S/C15H21N7O2S/c1-25(23,24)22-7-3-11-13(19-10-18-11)15(22)4-8-21(9-5-15)14-17-6-2-12(16)20-14/h2,6,10H,3-5,7-9H2,1H3,(H,18,19)(H2,16,17,20). The fourth-order valence-corrected chi connectivity index (χ4v) is 5.35. The van der Waals surface area contributed by atoms with Gasteiger partial charge < -0.3 is 15.6 Å².